The highest BCUT2D eigenvalue weighted by Gasteiger charge is 2.24. The van der Waals surface area contributed by atoms with E-state index in [0.29, 0.717) is 0 Å². The van der Waals surface area contributed by atoms with Crippen molar-refractivity contribution in [1.82, 2.24) is 9.62 Å². The Hall–Kier alpha value is -1.83. The van der Waals surface area contributed by atoms with E-state index in [-0.39, 0.29) is 23.4 Å². The maximum absolute atomic E-state index is 12.8. The molecule has 5 nitrogen and oxygen atoms in total. The van der Waals surface area contributed by atoms with Crippen molar-refractivity contribution in [2.75, 3.05) is 19.8 Å². The zero-order valence-electron chi connectivity index (χ0n) is 17.8. The minimum Gasteiger partial charge on any atom is -0.348 e. The predicted octanol–water partition coefficient (Wildman–Crippen LogP) is 4.18. The van der Waals surface area contributed by atoms with Crippen molar-refractivity contribution in [1.29, 1.82) is 0 Å². The van der Waals surface area contributed by atoms with Crippen LogP contribution in [0.15, 0.2) is 52.3 Å². The zero-order valence-corrected chi connectivity index (χ0v) is 19.5. The van der Waals surface area contributed by atoms with Gasteiger partial charge in [-0.3, -0.25) is 4.79 Å². The molecule has 0 radical (unpaired) electrons. The summed E-state index contributed by atoms with van der Waals surface area (Å²) in [6.07, 6.45) is 7.34. The first kappa shape index (κ1) is 22.8. The highest BCUT2D eigenvalue weighted by molar-refractivity contribution is 7.98. The molecular weight excluding hydrogens is 416 g/mol. The molecule has 0 spiro atoms. The lowest BCUT2D eigenvalue weighted by molar-refractivity contribution is -0.121. The summed E-state index contributed by atoms with van der Waals surface area (Å²) in [7, 11) is -2.27. The average molecular weight is 447 g/mol. The summed E-state index contributed by atoms with van der Waals surface area (Å²) in [5.41, 5.74) is 3.87. The minimum atomic E-state index is -3.72. The van der Waals surface area contributed by atoms with Gasteiger partial charge >= 0.3 is 0 Å². The van der Waals surface area contributed by atoms with Crippen molar-refractivity contribution in [3.05, 3.63) is 59.2 Å². The van der Waals surface area contributed by atoms with Gasteiger partial charge in [0.2, 0.25) is 15.9 Å². The minimum absolute atomic E-state index is 0.123. The van der Waals surface area contributed by atoms with Crippen molar-refractivity contribution >= 4 is 27.7 Å². The molecule has 30 heavy (non-hydrogen) atoms. The van der Waals surface area contributed by atoms with Gasteiger partial charge in [0.15, 0.2) is 0 Å². The number of nitrogens with one attached hydrogen (secondary N) is 1. The molecule has 0 saturated carbocycles. The van der Waals surface area contributed by atoms with Crippen LogP contribution < -0.4 is 5.32 Å². The van der Waals surface area contributed by atoms with E-state index >= 15 is 0 Å². The van der Waals surface area contributed by atoms with Crippen molar-refractivity contribution in [3.63, 3.8) is 0 Å². The molecule has 2 aromatic rings. The fourth-order valence-electron chi connectivity index (χ4n) is 3.85. The van der Waals surface area contributed by atoms with Gasteiger partial charge in [-0.25, -0.2) is 8.42 Å². The number of aryl methyl sites for hydroxylation is 2. The summed E-state index contributed by atoms with van der Waals surface area (Å²) < 4.78 is 26.7. The van der Waals surface area contributed by atoms with Crippen molar-refractivity contribution in [2.24, 2.45) is 0 Å². The van der Waals surface area contributed by atoms with Crippen LogP contribution in [0.25, 0.3) is 0 Å². The van der Waals surface area contributed by atoms with Gasteiger partial charge in [-0.1, -0.05) is 25.1 Å². The lowest BCUT2D eigenvalue weighted by Gasteiger charge is -2.23. The van der Waals surface area contributed by atoms with Crippen LogP contribution in [-0.2, 0) is 27.7 Å². The van der Waals surface area contributed by atoms with Gasteiger partial charge in [-0.05, 0) is 79.3 Å². The Labute approximate surface area is 184 Å². The highest BCUT2D eigenvalue weighted by atomic mass is 32.2. The van der Waals surface area contributed by atoms with Gasteiger partial charge < -0.3 is 5.32 Å². The number of fused-ring (bicyclic) bond motifs is 1. The first-order valence-electron chi connectivity index (χ1n) is 10.4. The standard InChI is InChI=1S/C23H30N2O3S2/c1-4-22(19-10-9-17-7-5-6-8-18(17)15-19)24-23(26)16-25(2)30(27,28)21-13-11-20(29-3)12-14-21/h9-15,22H,4-8,16H2,1-3H3,(H,24,26)/t22-/m1/s1. The number of rotatable bonds is 8. The maximum Gasteiger partial charge on any atom is 0.243 e. The molecule has 0 unspecified atom stereocenters. The monoisotopic (exact) mass is 446 g/mol. The molecular formula is C23H30N2O3S2. The summed E-state index contributed by atoms with van der Waals surface area (Å²) in [5, 5.41) is 3.01. The number of carbonyl (C=O) groups is 1. The molecule has 1 aliphatic carbocycles. The molecule has 3 rings (SSSR count). The van der Waals surface area contributed by atoms with Crippen molar-refractivity contribution < 1.29 is 13.2 Å². The average Bonchev–Trinajstić information content (AvgIpc) is 2.77. The number of hydrogen-bond donors (Lipinski definition) is 1. The molecule has 1 aliphatic rings. The first-order chi connectivity index (χ1) is 14.3. The number of hydrogen-bond acceptors (Lipinski definition) is 4. The summed E-state index contributed by atoms with van der Waals surface area (Å²) in [4.78, 5) is 13.8. The zero-order chi connectivity index (χ0) is 21.7. The van der Waals surface area contributed by atoms with Crippen LogP contribution in [-0.4, -0.2) is 38.5 Å². The fraction of sp³-hybridized carbons (Fsp3) is 0.435. The number of carbonyl (C=O) groups excluding carboxylic acids is 1. The summed E-state index contributed by atoms with van der Waals surface area (Å²) in [5.74, 6) is -0.300. The normalized spacial score (nSPS) is 14.9. The molecule has 1 N–H and O–H groups in total. The van der Waals surface area contributed by atoms with Crippen LogP contribution in [0.1, 0.15) is 48.9 Å². The van der Waals surface area contributed by atoms with Gasteiger partial charge in [-0.15, -0.1) is 11.8 Å². The van der Waals surface area contributed by atoms with Crippen LogP contribution in [0.2, 0.25) is 0 Å². The SMILES string of the molecule is CC[C@@H](NC(=O)CN(C)S(=O)(=O)c1ccc(SC)cc1)c1ccc2c(c1)CCCC2. The third-order valence-electron chi connectivity index (χ3n) is 5.65. The Morgan fingerprint density at radius 2 is 1.77 bits per heavy atom. The molecule has 0 fully saturated rings. The Bertz CT molecular complexity index is 988. The maximum atomic E-state index is 12.8. The number of likely N-dealkylation sites (N-methyl/N-ethyl adjacent to an activating group) is 1. The Morgan fingerprint density at radius 1 is 1.10 bits per heavy atom. The molecule has 0 saturated heterocycles. The summed E-state index contributed by atoms with van der Waals surface area (Å²) in [6.45, 7) is 1.81. The summed E-state index contributed by atoms with van der Waals surface area (Å²) in [6, 6.07) is 13.1. The molecule has 1 atom stereocenters. The van der Waals surface area contributed by atoms with E-state index in [1.54, 1.807) is 36.0 Å². The molecule has 2 aromatic carbocycles. The number of sulfonamides is 1. The quantitative estimate of drug-likeness (QED) is 0.618. The van der Waals surface area contributed by atoms with Crippen LogP contribution in [0, 0.1) is 0 Å². The molecule has 162 valence electrons. The third-order valence-corrected chi connectivity index (χ3v) is 8.21. The van der Waals surface area contributed by atoms with Crippen LogP contribution in [0.4, 0.5) is 0 Å². The van der Waals surface area contributed by atoms with E-state index in [1.807, 2.05) is 13.2 Å². The van der Waals surface area contributed by atoms with E-state index in [9.17, 15) is 13.2 Å². The van der Waals surface area contributed by atoms with Crippen LogP contribution >= 0.6 is 11.8 Å². The number of thioether (sulfide) groups is 1. The second-order valence-corrected chi connectivity index (χ2v) is 10.6. The lowest BCUT2D eigenvalue weighted by atomic mass is 9.89. The topological polar surface area (TPSA) is 66.5 Å². The van der Waals surface area contributed by atoms with E-state index in [0.717, 1.165) is 34.0 Å². The van der Waals surface area contributed by atoms with Gasteiger partial charge in [0.1, 0.15) is 0 Å². The molecule has 0 aromatic heterocycles. The summed E-state index contributed by atoms with van der Waals surface area (Å²) >= 11 is 1.55. The fourth-order valence-corrected chi connectivity index (χ4v) is 5.38. The van der Waals surface area contributed by atoms with E-state index in [4.69, 9.17) is 0 Å². The number of amides is 1. The molecule has 0 heterocycles. The number of nitrogens with zero attached hydrogens (tertiary/aromatic N) is 1. The van der Waals surface area contributed by atoms with Crippen molar-refractivity contribution in [3.8, 4) is 0 Å². The smallest absolute Gasteiger partial charge is 0.243 e. The van der Waals surface area contributed by atoms with Gasteiger partial charge in [-0.2, -0.15) is 4.31 Å². The van der Waals surface area contributed by atoms with Crippen LogP contribution in [0.5, 0.6) is 0 Å². The number of benzene rings is 2. The van der Waals surface area contributed by atoms with Crippen molar-refractivity contribution in [2.45, 2.75) is 54.9 Å². The second-order valence-electron chi connectivity index (χ2n) is 7.70. The van der Waals surface area contributed by atoms with E-state index in [2.05, 4.69) is 23.5 Å². The Balaban J connectivity index is 1.66. The molecule has 1 amide bonds. The van der Waals surface area contributed by atoms with E-state index in [1.165, 1.54) is 31.0 Å². The van der Waals surface area contributed by atoms with Gasteiger partial charge in [0.05, 0.1) is 17.5 Å². The molecule has 7 heteroatoms. The molecule has 0 bridgehead atoms. The van der Waals surface area contributed by atoms with E-state index < -0.39 is 10.0 Å². The Kier molecular flexibility index (Phi) is 7.60. The van der Waals surface area contributed by atoms with Gasteiger partial charge in [0.25, 0.3) is 0 Å². The third kappa shape index (κ3) is 5.25. The predicted molar refractivity (Wildman–Crippen MR) is 122 cm³/mol. The largest absolute Gasteiger partial charge is 0.348 e. The van der Waals surface area contributed by atoms with Crippen LogP contribution in [0.3, 0.4) is 0 Å². The second kappa shape index (κ2) is 9.98. The Morgan fingerprint density at radius 3 is 2.40 bits per heavy atom. The van der Waals surface area contributed by atoms with Gasteiger partial charge in [0, 0.05) is 11.9 Å². The highest BCUT2D eigenvalue weighted by Crippen LogP contribution is 2.26. The first-order valence-corrected chi connectivity index (χ1v) is 13.0. The lowest BCUT2D eigenvalue weighted by Crippen LogP contribution is -2.39. The molecule has 0 aliphatic heterocycles.